The van der Waals surface area contributed by atoms with Crippen molar-refractivity contribution in [1.82, 2.24) is 4.57 Å². The zero-order valence-electron chi connectivity index (χ0n) is 24.3. The van der Waals surface area contributed by atoms with Crippen molar-refractivity contribution in [2.75, 3.05) is 18.5 Å². The number of hydrogen-bond acceptors (Lipinski definition) is 6. The summed E-state index contributed by atoms with van der Waals surface area (Å²) in [5.41, 5.74) is 3.40. The summed E-state index contributed by atoms with van der Waals surface area (Å²) >= 11 is 0. The Bertz CT molecular complexity index is 1290. The second-order valence-electron chi connectivity index (χ2n) is 10.6. The Balaban J connectivity index is 0.000000623. The first-order valence-corrected chi connectivity index (χ1v) is 13.5. The molecule has 1 N–H and O–H groups in total. The molecule has 3 aromatic rings. The molecule has 1 atom stereocenters. The minimum absolute atomic E-state index is 0. The summed E-state index contributed by atoms with van der Waals surface area (Å²) < 4.78 is 17.4. The molecule has 9 heteroatoms. The molecule has 0 bridgehead atoms. The molecule has 0 spiro atoms. The molecule has 40 heavy (non-hydrogen) atoms. The molecule has 2 aromatic carbocycles. The minimum atomic E-state index is -0.373. The van der Waals surface area contributed by atoms with E-state index in [0.717, 1.165) is 61.3 Å². The first kappa shape index (κ1) is 33.3. The quantitative estimate of drug-likeness (QED) is 0.228. The number of nitrogens with zero attached hydrogens (tertiary/aromatic N) is 2. The van der Waals surface area contributed by atoms with E-state index in [4.69, 9.17) is 9.15 Å². The van der Waals surface area contributed by atoms with Gasteiger partial charge in [-0.2, -0.15) is 5.92 Å². The molecule has 4 rings (SSSR count). The van der Waals surface area contributed by atoms with Gasteiger partial charge < -0.3 is 37.8 Å². The van der Waals surface area contributed by atoms with Crippen LogP contribution in [0.5, 0.6) is 5.75 Å². The Hall–Kier alpha value is -2.95. The number of amidine groups is 1. The zero-order valence-corrected chi connectivity index (χ0v) is 24.3. The Kier molecular flexibility index (Phi) is 13.6. The van der Waals surface area contributed by atoms with Crippen molar-refractivity contribution in [3.8, 4) is 5.75 Å². The number of fused-ring (bicyclic) bond motifs is 2. The van der Waals surface area contributed by atoms with Crippen LogP contribution in [0.4, 0.5) is 5.69 Å². The van der Waals surface area contributed by atoms with Gasteiger partial charge in [0, 0.05) is 13.1 Å². The van der Waals surface area contributed by atoms with Crippen molar-refractivity contribution < 1.29 is 37.5 Å². The Labute approximate surface area is 249 Å². The largest absolute Gasteiger partial charge is 1.00 e. The predicted octanol–water partition coefficient (Wildman–Crippen LogP) is 3.15. The van der Waals surface area contributed by atoms with Crippen molar-refractivity contribution in [1.29, 1.82) is 0 Å². The number of rotatable bonds is 11. The SMILES string of the molecule is CC(C)(C)O[C-]=O.[CH2-]C[C@@H]([CH2-])CN=C1COc2cc(CCCCCCn3c(=O)oc4ccccc43)ccc2N1.[Li+]. The van der Waals surface area contributed by atoms with Gasteiger partial charge in [0.2, 0.25) is 0 Å². The van der Waals surface area contributed by atoms with Gasteiger partial charge in [-0.1, -0.05) is 37.5 Å². The van der Waals surface area contributed by atoms with E-state index in [0.29, 0.717) is 25.3 Å². The molecular weight excluding hydrogens is 501 g/mol. The molecular formula is C31H40LiN3O5-2. The summed E-state index contributed by atoms with van der Waals surface area (Å²) in [5, 5.41) is 3.36. The number of benzene rings is 2. The summed E-state index contributed by atoms with van der Waals surface area (Å²) in [5.74, 6) is 1.69. The Morgan fingerprint density at radius 1 is 1.15 bits per heavy atom. The standard InChI is InChI=1S/C26H31N3O3.C5H9O2.Li/c1-3-19(2)17-27-25-18-31-24-16-20(13-14-21(24)28-25)10-6-4-5-9-15-29-22-11-7-8-12-23(22)32-26(29)30;1-5(2,3)7-4-6;/h7-8,11-14,16,19H,1-6,9-10,15,17-18H2,(H,27,28);1-3H3;/q-2;-1;+1/t19-;;/m1../s1. The monoisotopic (exact) mass is 541 g/mol. The molecule has 1 aliphatic rings. The van der Waals surface area contributed by atoms with Gasteiger partial charge in [0.25, 0.3) is 0 Å². The third-order valence-corrected chi connectivity index (χ3v) is 6.16. The molecule has 0 aliphatic carbocycles. The van der Waals surface area contributed by atoms with Crippen molar-refractivity contribution in [3.63, 3.8) is 0 Å². The Morgan fingerprint density at radius 3 is 2.60 bits per heavy atom. The van der Waals surface area contributed by atoms with E-state index in [2.05, 4.69) is 47.1 Å². The Morgan fingerprint density at radius 2 is 1.90 bits per heavy atom. The average molecular weight is 542 g/mol. The first-order valence-electron chi connectivity index (χ1n) is 13.5. The van der Waals surface area contributed by atoms with E-state index in [9.17, 15) is 9.59 Å². The first-order chi connectivity index (χ1) is 18.7. The van der Waals surface area contributed by atoms with E-state index in [1.165, 1.54) is 12.0 Å². The molecule has 0 unspecified atom stereocenters. The number of aromatic nitrogens is 1. The number of anilines is 1. The zero-order chi connectivity index (χ0) is 28.3. The van der Waals surface area contributed by atoms with Gasteiger partial charge in [0.1, 0.15) is 18.2 Å². The number of ether oxygens (including phenoxy) is 2. The fourth-order valence-electron chi connectivity index (χ4n) is 4.00. The smallest absolute Gasteiger partial charge is 0.649 e. The molecule has 8 nitrogen and oxygen atoms in total. The van der Waals surface area contributed by atoms with Gasteiger partial charge in [-0.3, -0.25) is 9.56 Å². The van der Waals surface area contributed by atoms with E-state index < -0.39 is 0 Å². The maximum Gasteiger partial charge on any atom is 1.00 e. The summed E-state index contributed by atoms with van der Waals surface area (Å²) in [6.07, 6.45) is 6.06. The fraction of sp³-hybridized carbons (Fsp3) is 0.452. The van der Waals surface area contributed by atoms with Crippen molar-refractivity contribution in [2.24, 2.45) is 10.9 Å². The van der Waals surface area contributed by atoms with E-state index >= 15 is 0 Å². The molecule has 0 saturated carbocycles. The minimum Gasteiger partial charge on any atom is -0.649 e. The van der Waals surface area contributed by atoms with Gasteiger partial charge in [-0.15, -0.1) is 0 Å². The molecule has 0 fully saturated rings. The number of hydrogen-bond donors (Lipinski definition) is 1. The predicted molar refractivity (Wildman–Crippen MR) is 156 cm³/mol. The van der Waals surface area contributed by atoms with Gasteiger partial charge >= 0.3 is 24.6 Å². The van der Waals surface area contributed by atoms with E-state index in [1.54, 1.807) is 25.3 Å². The molecule has 0 amide bonds. The van der Waals surface area contributed by atoms with Crippen LogP contribution in [0.2, 0.25) is 0 Å². The third-order valence-electron chi connectivity index (χ3n) is 6.16. The summed E-state index contributed by atoms with van der Waals surface area (Å²) in [7, 11) is 0. The van der Waals surface area contributed by atoms with Crippen LogP contribution in [0.1, 0.15) is 58.4 Å². The van der Waals surface area contributed by atoms with Crippen LogP contribution in [0.15, 0.2) is 56.7 Å². The van der Waals surface area contributed by atoms with Crippen molar-refractivity contribution in [3.05, 3.63) is 72.4 Å². The second kappa shape index (κ2) is 16.3. The van der Waals surface area contributed by atoms with Gasteiger partial charge in [0.15, 0.2) is 5.58 Å². The molecule has 2 heterocycles. The average Bonchev–Trinajstić information content (AvgIpc) is 3.23. The normalized spacial score (nSPS) is 14.2. The van der Waals surface area contributed by atoms with Crippen LogP contribution in [0.25, 0.3) is 11.1 Å². The molecule has 0 saturated heterocycles. The number of nitrogens with one attached hydrogen (secondary N) is 1. The van der Waals surface area contributed by atoms with Crippen LogP contribution in [-0.4, -0.2) is 35.6 Å². The molecule has 212 valence electrons. The van der Waals surface area contributed by atoms with Gasteiger partial charge in [-0.25, -0.2) is 11.2 Å². The van der Waals surface area contributed by atoms with Crippen LogP contribution in [0, 0.1) is 19.8 Å². The number of aryl methyl sites for hydroxylation is 2. The van der Waals surface area contributed by atoms with E-state index in [1.807, 2.05) is 24.3 Å². The summed E-state index contributed by atoms with van der Waals surface area (Å²) in [6, 6.07) is 13.9. The van der Waals surface area contributed by atoms with Crippen LogP contribution in [0.3, 0.4) is 0 Å². The number of unbranched alkanes of at least 4 members (excludes halogenated alkanes) is 3. The van der Waals surface area contributed by atoms with Gasteiger partial charge in [0.05, 0.1) is 16.8 Å². The van der Waals surface area contributed by atoms with Crippen LogP contribution >= 0.6 is 0 Å². The van der Waals surface area contributed by atoms with Crippen molar-refractivity contribution >= 4 is 29.1 Å². The third kappa shape index (κ3) is 10.6. The summed E-state index contributed by atoms with van der Waals surface area (Å²) in [4.78, 5) is 26.0. The van der Waals surface area contributed by atoms with E-state index in [-0.39, 0.29) is 36.1 Å². The number of oxazole rings is 1. The van der Waals surface area contributed by atoms with Crippen LogP contribution < -0.4 is 34.7 Å². The van der Waals surface area contributed by atoms with Gasteiger partial charge in [-0.05, 0) is 69.9 Å². The fourth-order valence-corrected chi connectivity index (χ4v) is 4.00. The number of carbonyl (C=O) groups excluding carboxylic acids is 1. The second-order valence-corrected chi connectivity index (χ2v) is 10.6. The maximum absolute atomic E-state index is 12.0. The number of aliphatic imine (C=N–C) groups is 1. The van der Waals surface area contributed by atoms with Crippen LogP contribution in [-0.2, 0) is 22.5 Å². The molecule has 1 aromatic heterocycles. The topological polar surface area (TPSA) is 95.1 Å². The molecule has 1 aliphatic heterocycles. The maximum atomic E-state index is 12.0. The number of para-hydroxylation sites is 2. The summed E-state index contributed by atoms with van der Waals surface area (Å²) in [6.45, 7) is 16.4. The molecule has 0 radical (unpaired) electrons. The van der Waals surface area contributed by atoms with Crippen molar-refractivity contribution in [2.45, 2.75) is 71.4 Å².